The fourth-order valence-electron chi connectivity index (χ4n) is 0.860. The van der Waals surface area contributed by atoms with Gasteiger partial charge in [0.1, 0.15) is 12.4 Å². The number of ether oxygens (including phenoxy) is 1. The average Bonchev–Trinajstić information content (AvgIpc) is 2.47. The van der Waals surface area contributed by atoms with Crippen LogP contribution in [0, 0.1) is 0 Å². The molecule has 1 aromatic heterocycles. The van der Waals surface area contributed by atoms with Crippen LogP contribution in [0.4, 0.5) is 0 Å². The third-order valence-corrected chi connectivity index (χ3v) is 2.04. The molecule has 0 saturated carbocycles. The lowest BCUT2D eigenvalue weighted by Crippen LogP contribution is -2.04. The van der Waals surface area contributed by atoms with Crippen molar-refractivity contribution in [3.8, 4) is 0 Å². The zero-order valence-electron chi connectivity index (χ0n) is 7.36. The van der Waals surface area contributed by atoms with E-state index in [2.05, 4.69) is 21.0 Å². The second kappa shape index (κ2) is 5.14. The van der Waals surface area contributed by atoms with Crippen molar-refractivity contribution < 1.29 is 9.53 Å². The molecular weight excluding hydrogens is 236 g/mol. The molecule has 0 aliphatic carbocycles. The van der Waals surface area contributed by atoms with Crippen molar-refractivity contribution >= 4 is 22.2 Å². The number of carbonyl (C=O) groups is 1. The predicted molar refractivity (Wildman–Crippen MR) is 51.6 cm³/mol. The van der Waals surface area contributed by atoms with Crippen molar-refractivity contribution in [3.05, 3.63) is 16.4 Å². The molecule has 1 rings (SSSR count). The van der Waals surface area contributed by atoms with Gasteiger partial charge in [-0.05, 0) is 22.4 Å². The first kappa shape index (κ1) is 10.4. The second-order valence-corrected chi connectivity index (χ2v) is 3.41. The first-order valence-corrected chi connectivity index (χ1v) is 4.83. The van der Waals surface area contributed by atoms with Gasteiger partial charge in [-0.1, -0.05) is 6.92 Å². The van der Waals surface area contributed by atoms with Gasteiger partial charge in [-0.25, -0.2) is 4.68 Å². The Morgan fingerprint density at radius 3 is 3.08 bits per heavy atom. The van der Waals surface area contributed by atoms with Crippen molar-refractivity contribution in [2.75, 3.05) is 6.61 Å². The molecule has 0 aromatic carbocycles. The third kappa shape index (κ3) is 2.93. The molecule has 0 spiro atoms. The average molecular weight is 247 g/mol. The number of hydrogen-bond donors (Lipinski definition) is 0. The summed E-state index contributed by atoms with van der Waals surface area (Å²) in [6.07, 6.45) is 3.41. The van der Waals surface area contributed by atoms with E-state index < -0.39 is 0 Å². The Kier molecular flexibility index (Phi) is 4.11. The second-order valence-electron chi connectivity index (χ2n) is 2.56. The Morgan fingerprint density at radius 2 is 2.54 bits per heavy atom. The summed E-state index contributed by atoms with van der Waals surface area (Å²) >= 11 is 3.22. The maximum Gasteiger partial charge on any atom is 0.171 e. The van der Waals surface area contributed by atoms with Crippen molar-refractivity contribution in [2.45, 2.75) is 20.1 Å². The molecule has 1 aromatic rings. The smallest absolute Gasteiger partial charge is 0.171 e. The van der Waals surface area contributed by atoms with Gasteiger partial charge in [-0.3, -0.25) is 4.79 Å². The molecule has 0 unspecified atom stereocenters. The van der Waals surface area contributed by atoms with Crippen LogP contribution in [0.15, 0.2) is 10.7 Å². The van der Waals surface area contributed by atoms with Gasteiger partial charge in [0, 0.05) is 12.8 Å². The van der Waals surface area contributed by atoms with Gasteiger partial charge in [0.2, 0.25) is 0 Å². The lowest BCUT2D eigenvalue weighted by molar-refractivity contribution is 0.0690. The Bertz CT molecular complexity index is 286. The Morgan fingerprint density at radius 1 is 1.77 bits per heavy atom. The third-order valence-electron chi connectivity index (χ3n) is 1.43. The summed E-state index contributed by atoms with van der Waals surface area (Å²) in [4.78, 5) is 10.4. The summed E-state index contributed by atoms with van der Waals surface area (Å²) in [5.41, 5.74) is 0.403. The monoisotopic (exact) mass is 246 g/mol. The van der Waals surface area contributed by atoms with E-state index in [0.717, 1.165) is 6.42 Å². The number of hydrogen-bond acceptors (Lipinski definition) is 3. The van der Waals surface area contributed by atoms with E-state index in [1.165, 1.54) is 0 Å². The van der Waals surface area contributed by atoms with Gasteiger partial charge in [0.25, 0.3) is 0 Å². The minimum atomic E-state index is 0.389. The highest BCUT2D eigenvalue weighted by Crippen LogP contribution is 2.12. The van der Waals surface area contributed by atoms with E-state index in [-0.39, 0.29) is 0 Å². The zero-order valence-corrected chi connectivity index (χ0v) is 8.95. The summed E-state index contributed by atoms with van der Waals surface area (Å²) in [6.45, 7) is 3.13. The number of aromatic nitrogens is 2. The first-order valence-electron chi connectivity index (χ1n) is 4.03. The molecule has 1 heterocycles. The molecule has 0 amide bonds. The molecule has 0 radical (unpaired) electrons. The van der Waals surface area contributed by atoms with Crippen LogP contribution in [0.3, 0.4) is 0 Å². The molecule has 0 N–H and O–H groups in total. The Labute approximate surface area is 85.0 Å². The molecule has 5 heteroatoms. The van der Waals surface area contributed by atoms with Gasteiger partial charge in [0.15, 0.2) is 6.29 Å². The van der Waals surface area contributed by atoms with Crippen molar-refractivity contribution in [1.29, 1.82) is 0 Å². The summed E-state index contributed by atoms with van der Waals surface area (Å²) in [5, 5.41) is 3.98. The van der Waals surface area contributed by atoms with Crippen LogP contribution < -0.4 is 0 Å². The standard InChI is InChI=1S/C8H11BrN2O2/c1-2-3-13-6-11-4-7(9)8(5-12)10-11/h4-5H,2-3,6H2,1H3. The van der Waals surface area contributed by atoms with Crippen molar-refractivity contribution in [2.24, 2.45) is 0 Å². The van der Waals surface area contributed by atoms with Crippen LogP contribution in [0.1, 0.15) is 23.8 Å². The van der Waals surface area contributed by atoms with Gasteiger partial charge in [-0.2, -0.15) is 5.10 Å². The topological polar surface area (TPSA) is 44.1 Å². The van der Waals surface area contributed by atoms with Gasteiger partial charge >= 0.3 is 0 Å². The predicted octanol–water partition coefficient (Wildman–Crippen LogP) is 1.84. The summed E-state index contributed by atoms with van der Waals surface area (Å²) < 4.78 is 7.53. The van der Waals surface area contributed by atoms with Crippen LogP contribution in [0.5, 0.6) is 0 Å². The zero-order chi connectivity index (χ0) is 9.68. The lowest BCUT2D eigenvalue weighted by Gasteiger charge is -2.00. The minimum absolute atomic E-state index is 0.389. The van der Waals surface area contributed by atoms with Crippen molar-refractivity contribution in [1.82, 2.24) is 9.78 Å². The van der Waals surface area contributed by atoms with Crippen LogP contribution in [0.25, 0.3) is 0 Å². The fraction of sp³-hybridized carbons (Fsp3) is 0.500. The number of halogens is 1. The maximum atomic E-state index is 10.4. The molecule has 72 valence electrons. The molecule has 4 nitrogen and oxygen atoms in total. The Balaban J connectivity index is 2.52. The van der Waals surface area contributed by atoms with E-state index >= 15 is 0 Å². The number of rotatable bonds is 5. The molecule has 13 heavy (non-hydrogen) atoms. The summed E-state index contributed by atoms with van der Waals surface area (Å²) in [6, 6.07) is 0. The quantitative estimate of drug-likeness (QED) is 0.589. The van der Waals surface area contributed by atoms with Gasteiger partial charge in [0.05, 0.1) is 4.47 Å². The van der Waals surface area contributed by atoms with E-state index in [9.17, 15) is 4.79 Å². The van der Waals surface area contributed by atoms with Crippen LogP contribution in [-0.4, -0.2) is 22.7 Å². The highest BCUT2D eigenvalue weighted by molar-refractivity contribution is 9.10. The van der Waals surface area contributed by atoms with E-state index in [1.54, 1.807) is 10.9 Å². The number of aldehydes is 1. The molecule has 0 atom stereocenters. The number of carbonyl (C=O) groups excluding carboxylic acids is 1. The van der Waals surface area contributed by atoms with Crippen LogP contribution in [-0.2, 0) is 11.5 Å². The highest BCUT2D eigenvalue weighted by atomic mass is 79.9. The molecule has 0 saturated heterocycles. The molecule has 0 aliphatic rings. The normalized spacial score (nSPS) is 10.3. The molecule has 0 bridgehead atoms. The molecule has 0 fully saturated rings. The van der Waals surface area contributed by atoms with E-state index in [1.807, 2.05) is 6.92 Å². The van der Waals surface area contributed by atoms with E-state index in [0.29, 0.717) is 29.8 Å². The lowest BCUT2D eigenvalue weighted by atomic mass is 10.5. The summed E-state index contributed by atoms with van der Waals surface area (Å²) in [5.74, 6) is 0. The Hall–Kier alpha value is -0.680. The fourth-order valence-corrected chi connectivity index (χ4v) is 1.27. The SMILES string of the molecule is CCCOCn1cc(Br)c(C=O)n1. The summed E-state index contributed by atoms with van der Waals surface area (Å²) in [7, 11) is 0. The highest BCUT2D eigenvalue weighted by Gasteiger charge is 2.03. The minimum Gasteiger partial charge on any atom is -0.359 e. The van der Waals surface area contributed by atoms with Gasteiger partial charge in [-0.15, -0.1) is 0 Å². The van der Waals surface area contributed by atoms with Crippen LogP contribution in [0.2, 0.25) is 0 Å². The largest absolute Gasteiger partial charge is 0.359 e. The van der Waals surface area contributed by atoms with Crippen molar-refractivity contribution in [3.63, 3.8) is 0 Å². The van der Waals surface area contributed by atoms with E-state index in [4.69, 9.17) is 4.74 Å². The van der Waals surface area contributed by atoms with Crippen LogP contribution >= 0.6 is 15.9 Å². The maximum absolute atomic E-state index is 10.4. The molecular formula is C8H11BrN2O2. The first-order chi connectivity index (χ1) is 6.27. The number of nitrogens with zero attached hydrogens (tertiary/aromatic N) is 2. The molecule has 0 aliphatic heterocycles. The van der Waals surface area contributed by atoms with Gasteiger partial charge < -0.3 is 4.74 Å².